The molecule has 18 heavy (non-hydrogen) atoms. The van der Waals surface area contributed by atoms with Gasteiger partial charge in [-0.1, -0.05) is 12.5 Å². The highest BCUT2D eigenvalue weighted by Crippen LogP contribution is 2.28. The number of halogens is 2. The van der Waals surface area contributed by atoms with E-state index in [0.717, 1.165) is 19.3 Å². The fourth-order valence-corrected chi connectivity index (χ4v) is 2.87. The van der Waals surface area contributed by atoms with E-state index in [1.807, 2.05) is 0 Å². The predicted molar refractivity (Wildman–Crippen MR) is 68.1 cm³/mol. The Morgan fingerprint density at radius 3 is 2.61 bits per heavy atom. The first-order valence-corrected chi connectivity index (χ1v) is 6.53. The summed E-state index contributed by atoms with van der Waals surface area (Å²) in [5, 5.41) is 3.32. The Balaban J connectivity index is 2.10. The van der Waals surface area contributed by atoms with Crippen LogP contribution in [0.25, 0.3) is 0 Å². The number of nitrogens with one attached hydrogen (secondary N) is 1. The Kier molecular flexibility index (Phi) is 4.30. The fourth-order valence-electron chi connectivity index (χ4n) is 2.87. The standard InChI is InChI=1S/C14H20F2N2/c1-9(14-11(15)5-3-6-12(14)16)18-13-7-2-4-10(13)8-17/h3,5-6,9-10,13,18H,2,4,7-8,17H2,1H3. The van der Waals surface area contributed by atoms with Crippen LogP contribution in [0.15, 0.2) is 18.2 Å². The highest BCUT2D eigenvalue weighted by atomic mass is 19.1. The van der Waals surface area contributed by atoms with Crippen LogP contribution in [-0.4, -0.2) is 12.6 Å². The molecule has 1 aliphatic carbocycles. The number of nitrogens with two attached hydrogens (primary N) is 1. The summed E-state index contributed by atoms with van der Waals surface area (Å²) in [4.78, 5) is 0. The maximum Gasteiger partial charge on any atom is 0.130 e. The van der Waals surface area contributed by atoms with Crippen molar-refractivity contribution in [2.45, 2.75) is 38.3 Å². The Morgan fingerprint density at radius 2 is 2.00 bits per heavy atom. The van der Waals surface area contributed by atoms with Crippen LogP contribution in [0.1, 0.15) is 37.8 Å². The first-order chi connectivity index (χ1) is 8.63. The molecule has 1 aromatic rings. The summed E-state index contributed by atoms with van der Waals surface area (Å²) in [5.74, 6) is -0.558. The molecule has 0 heterocycles. The second kappa shape index (κ2) is 5.76. The second-order valence-electron chi connectivity index (χ2n) is 5.06. The molecule has 1 saturated carbocycles. The molecule has 0 saturated heterocycles. The predicted octanol–water partition coefficient (Wildman–Crippen LogP) is 2.74. The van der Waals surface area contributed by atoms with Crippen LogP contribution in [0.4, 0.5) is 8.78 Å². The Labute approximate surface area is 107 Å². The number of rotatable bonds is 4. The van der Waals surface area contributed by atoms with Crippen LogP contribution in [-0.2, 0) is 0 Å². The van der Waals surface area contributed by atoms with Crippen molar-refractivity contribution in [3.8, 4) is 0 Å². The third-order valence-corrected chi connectivity index (χ3v) is 3.86. The second-order valence-corrected chi connectivity index (χ2v) is 5.06. The average Bonchev–Trinajstić information content (AvgIpc) is 2.76. The molecule has 0 amide bonds. The zero-order valence-corrected chi connectivity index (χ0v) is 10.6. The van der Waals surface area contributed by atoms with Gasteiger partial charge in [-0.3, -0.25) is 0 Å². The molecule has 100 valence electrons. The molecule has 2 rings (SSSR count). The normalized spacial score (nSPS) is 25.3. The monoisotopic (exact) mass is 254 g/mol. The molecule has 0 radical (unpaired) electrons. The van der Waals surface area contributed by atoms with Gasteiger partial charge in [-0.05, 0) is 44.4 Å². The van der Waals surface area contributed by atoms with Crippen LogP contribution in [0.3, 0.4) is 0 Å². The van der Waals surface area contributed by atoms with Crippen molar-refractivity contribution in [2.24, 2.45) is 11.7 Å². The van der Waals surface area contributed by atoms with Gasteiger partial charge in [0, 0.05) is 17.6 Å². The van der Waals surface area contributed by atoms with E-state index in [2.05, 4.69) is 5.32 Å². The van der Waals surface area contributed by atoms with E-state index < -0.39 is 11.6 Å². The van der Waals surface area contributed by atoms with Gasteiger partial charge in [0.25, 0.3) is 0 Å². The summed E-state index contributed by atoms with van der Waals surface area (Å²) in [6, 6.07) is 3.92. The lowest BCUT2D eigenvalue weighted by atomic mass is 10.0. The van der Waals surface area contributed by atoms with Gasteiger partial charge in [0.1, 0.15) is 11.6 Å². The van der Waals surface area contributed by atoms with E-state index in [1.165, 1.54) is 18.2 Å². The molecule has 3 unspecified atom stereocenters. The average molecular weight is 254 g/mol. The third-order valence-electron chi connectivity index (χ3n) is 3.86. The van der Waals surface area contributed by atoms with Crippen molar-refractivity contribution >= 4 is 0 Å². The van der Waals surface area contributed by atoms with Crippen molar-refractivity contribution in [3.63, 3.8) is 0 Å². The lowest BCUT2D eigenvalue weighted by Gasteiger charge is -2.25. The van der Waals surface area contributed by atoms with Gasteiger partial charge in [0.2, 0.25) is 0 Å². The van der Waals surface area contributed by atoms with E-state index in [0.29, 0.717) is 12.5 Å². The zero-order valence-electron chi connectivity index (χ0n) is 10.6. The molecule has 4 heteroatoms. The number of hydrogen-bond acceptors (Lipinski definition) is 2. The van der Waals surface area contributed by atoms with E-state index in [9.17, 15) is 8.78 Å². The summed E-state index contributed by atoms with van der Waals surface area (Å²) in [6.45, 7) is 2.43. The molecule has 0 aliphatic heterocycles. The van der Waals surface area contributed by atoms with Crippen molar-refractivity contribution in [3.05, 3.63) is 35.4 Å². The molecule has 1 aromatic carbocycles. The SMILES string of the molecule is CC(NC1CCCC1CN)c1c(F)cccc1F. The number of benzene rings is 1. The maximum absolute atomic E-state index is 13.6. The largest absolute Gasteiger partial charge is 0.330 e. The van der Waals surface area contributed by atoms with Crippen molar-refractivity contribution in [2.75, 3.05) is 6.54 Å². The lowest BCUT2D eigenvalue weighted by Crippen LogP contribution is -2.38. The highest BCUT2D eigenvalue weighted by Gasteiger charge is 2.28. The molecule has 1 aliphatic rings. The molecular weight excluding hydrogens is 234 g/mol. The van der Waals surface area contributed by atoms with Gasteiger partial charge in [-0.15, -0.1) is 0 Å². The third kappa shape index (κ3) is 2.70. The summed E-state index contributed by atoms with van der Waals surface area (Å²) in [5.41, 5.74) is 5.84. The van der Waals surface area contributed by atoms with Crippen molar-refractivity contribution in [1.29, 1.82) is 0 Å². The van der Waals surface area contributed by atoms with Gasteiger partial charge in [0.05, 0.1) is 0 Å². The van der Waals surface area contributed by atoms with Crippen LogP contribution < -0.4 is 11.1 Å². The molecule has 2 nitrogen and oxygen atoms in total. The van der Waals surface area contributed by atoms with E-state index >= 15 is 0 Å². The first-order valence-electron chi connectivity index (χ1n) is 6.53. The van der Waals surface area contributed by atoms with Crippen LogP contribution in [0, 0.1) is 17.6 Å². The lowest BCUT2D eigenvalue weighted by molar-refractivity contribution is 0.362. The van der Waals surface area contributed by atoms with Gasteiger partial charge < -0.3 is 11.1 Å². The molecule has 3 atom stereocenters. The quantitative estimate of drug-likeness (QED) is 0.867. The molecule has 0 aromatic heterocycles. The smallest absolute Gasteiger partial charge is 0.130 e. The molecular formula is C14H20F2N2. The minimum absolute atomic E-state index is 0.125. The van der Waals surface area contributed by atoms with Crippen molar-refractivity contribution < 1.29 is 8.78 Å². The van der Waals surface area contributed by atoms with Gasteiger partial charge in [-0.2, -0.15) is 0 Å². The summed E-state index contributed by atoms with van der Waals surface area (Å²) in [6.07, 6.45) is 3.26. The fraction of sp³-hybridized carbons (Fsp3) is 0.571. The summed E-state index contributed by atoms with van der Waals surface area (Å²) in [7, 11) is 0. The topological polar surface area (TPSA) is 38.0 Å². The van der Waals surface area contributed by atoms with Crippen molar-refractivity contribution in [1.82, 2.24) is 5.32 Å². The van der Waals surface area contributed by atoms with E-state index in [1.54, 1.807) is 6.92 Å². The minimum Gasteiger partial charge on any atom is -0.330 e. The van der Waals surface area contributed by atoms with Crippen LogP contribution in [0.5, 0.6) is 0 Å². The molecule has 3 N–H and O–H groups in total. The maximum atomic E-state index is 13.6. The molecule has 0 bridgehead atoms. The summed E-state index contributed by atoms with van der Waals surface area (Å²) < 4.78 is 27.3. The number of hydrogen-bond donors (Lipinski definition) is 2. The van der Waals surface area contributed by atoms with Gasteiger partial charge >= 0.3 is 0 Å². The van der Waals surface area contributed by atoms with Gasteiger partial charge in [-0.25, -0.2) is 8.78 Å². The molecule has 1 fully saturated rings. The Bertz CT molecular complexity index is 389. The van der Waals surface area contributed by atoms with Gasteiger partial charge in [0.15, 0.2) is 0 Å². The highest BCUT2D eigenvalue weighted by molar-refractivity contribution is 5.23. The van der Waals surface area contributed by atoms with E-state index in [-0.39, 0.29) is 17.6 Å². The van der Waals surface area contributed by atoms with Crippen LogP contribution >= 0.6 is 0 Å². The first kappa shape index (κ1) is 13.4. The Morgan fingerprint density at radius 1 is 1.33 bits per heavy atom. The van der Waals surface area contributed by atoms with Crippen LogP contribution in [0.2, 0.25) is 0 Å². The van der Waals surface area contributed by atoms with E-state index in [4.69, 9.17) is 5.73 Å². The Hall–Kier alpha value is -1.00. The summed E-state index contributed by atoms with van der Waals surface area (Å²) >= 11 is 0. The zero-order chi connectivity index (χ0) is 13.1. The molecule has 0 spiro atoms. The minimum atomic E-state index is -0.489.